The molecule has 0 radical (unpaired) electrons. The predicted octanol–water partition coefficient (Wildman–Crippen LogP) is 3.00. The van der Waals surface area contributed by atoms with Gasteiger partial charge in [-0.05, 0) is 19.3 Å². The number of carboxylic acids is 1. The molecule has 0 atom stereocenters. The van der Waals surface area contributed by atoms with Gasteiger partial charge in [0.15, 0.2) is 0 Å². The Kier molecular flexibility index (Phi) is 6.25. The van der Waals surface area contributed by atoms with Gasteiger partial charge in [-0.25, -0.2) is 4.79 Å². The van der Waals surface area contributed by atoms with Crippen LogP contribution in [0.2, 0.25) is 0 Å². The molecule has 0 fully saturated rings. The lowest BCUT2D eigenvalue weighted by atomic mass is 9.89. The van der Waals surface area contributed by atoms with Gasteiger partial charge in [0.25, 0.3) is 0 Å². The van der Waals surface area contributed by atoms with Crippen LogP contribution in [0.15, 0.2) is 12.2 Å². The fourth-order valence-corrected chi connectivity index (χ4v) is 1.57. The second kappa shape index (κ2) is 6.62. The highest BCUT2D eigenvalue weighted by molar-refractivity contribution is 5.88. The molecule has 0 bridgehead atoms. The Morgan fingerprint density at radius 1 is 1.33 bits per heavy atom. The number of carbonyl (C=O) groups is 1. The summed E-state index contributed by atoms with van der Waals surface area (Å²) in [7, 11) is 0. The molecular weight excluding hydrogens is 192 g/mol. The van der Waals surface area contributed by atoms with Crippen LogP contribution in [0, 0.1) is 0 Å². The van der Waals surface area contributed by atoms with Crippen LogP contribution in [-0.2, 0) is 9.53 Å². The molecule has 1 N–H and O–H groups in total. The molecule has 15 heavy (non-hydrogen) atoms. The molecule has 0 heterocycles. The van der Waals surface area contributed by atoms with Gasteiger partial charge in [0.2, 0.25) is 0 Å². The van der Waals surface area contributed by atoms with Crippen LogP contribution in [0.3, 0.4) is 0 Å². The highest BCUT2D eigenvalue weighted by Crippen LogP contribution is 2.28. The molecule has 0 amide bonds. The molecule has 0 aliphatic carbocycles. The minimum atomic E-state index is -0.963. The third-order valence-electron chi connectivity index (χ3n) is 2.83. The lowest BCUT2D eigenvalue weighted by molar-refractivity contribution is -0.136. The Labute approximate surface area is 92.1 Å². The summed E-state index contributed by atoms with van der Waals surface area (Å²) in [5.74, 6) is -0.963. The number of unbranched alkanes of at least 4 members (excludes halogenated alkanes) is 1. The zero-order valence-electron chi connectivity index (χ0n) is 10.0. The van der Waals surface area contributed by atoms with E-state index in [9.17, 15) is 4.79 Å². The molecular formula is C12H22O3. The van der Waals surface area contributed by atoms with Crippen molar-refractivity contribution in [1.82, 2.24) is 0 Å². The Morgan fingerprint density at radius 2 is 1.87 bits per heavy atom. The first kappa shape index (κ1) is 14.2. The standard InChI is InChI=1S/C12H22O3/c1-5-8-9-15-12(6-2,7-3)10(4)11(13)14/h4-9H2,1-3H3,(H,13,14). The predicted molar refractivity (Wildman–Crippen MR) is 60.9 cm³/mol. The van der Waals surface area contributed by atoms with E-state index >= 15 is 0 Å². The number of ether oxygens (including phenoxy) is 1. The first-order chi connectivity index (χ1) is 7.04. The lowest BCUT2D eigenvalue weighted by Gasteiger charge is -2.32. The van der Waals surface area contributed by atoms with Crippen molar-refractivity contribution in [1.29, 1.82) is 0 Å². The van der Waals surface area contributed by atoms with Crippen molar-refractivity contribution >= 4 is 5.97 Å². The second-order valence-electron chi connectivity index (χ2n) is 3.69. The summed E-state index contributed by atoms with van der Waals surface area (Å²) in [5, 5.41) is 8.96. The van der Waals surface area contributed by atoms with Gasteiger partial charge in [-0.3, -0.25) is 0 Å². The zero-order valence-corrected chi connectivity index (χ0v) is 10.0. The maximum Gasteiger partial charge on any atom is 0.333 e. The zero-order chi connectivity index (χ0) is 11.9. The third kappa shape index (κ3) is 3.67. The summed E-state index contributed by atoms with van der Waals surface area (Å²) < 4.78 is 5.71. The van der Waals surface area contributed by atoms with E-state index in [0.717, 1.165) is 12.8 Å². The molecule has 0 aromatic carbocycles. The maximum absolute atomic E-state index is 10.9. The second-order valence-corrected chi connectivity index (χ2v) is 3.69. The average molecular weight is 214 g/mol. The molecule has 0 saturated carbocycles. The Hall–Kier alpha value is -0.830. The van der Waals surface area contributed by atoms with Crippen molar-refractivity contribution < 1.29 is 14.6 Å². The fraction of sp³-hybridized carbons (Fsp3) is 0.750. The van der Waals surface area contributed by atoms with Gasteiger partial charge < -0.3 is 9.84 Å². The van der Waals surface area contributed by atoms with E-state index in [-0.39, 0.29) is 5.57 Å². The van der Waals surface area contributed by atoms with E-state index in [1.54, 1.807) is 0 Å². The van der Waals surface area contributed by atoms with E-state index in [4.69, 9.17) is 9.84 Å². The first-order valence-corrected chi connectivity index (χ1v) is 5.60. The maximum atomic E-state index is 10.9. The molecule has 0 aliphatic rings. The van der Waals surface area contributed by atoms with Gasteiger partial charge in [-0.2, -0.15) is 0 Å². The van der Waals surface area contributed by atoms with Crippen LogP contribution in [0.1, 0.15) is 46.5 Å². The van der Waals surface area contributed by atoms with Gasteiger partial charge in [0, 0.05) is 6.61 Å². The number of aliphatic carboxylic acids is 1. The van der Waals surface area contributed by atoms with Gasteiger partial charge >= 0.3 is 5.97 Å². The summed E-state index contributed by atoms with van der Waals surface area (Å²) in [6.45, 7) is 10.2. The number of hydrogen-bond acceptors (Lipinski definition) is 2. The van der Waals surface area contributed by atoms with Crippen LogP contribution in [0.4, 0.5) is 0 Å². The molecule has 0 unspecified atom stereocenters. The van der Waals surface area contributed by atoms with E-state index in [1.807, 2.05) is 13.8 Å². The van der Waals surface area contributed by atoms with Gasteiger partial charge in [0.1, 0.15) is 0 Å². The average Bonchev–Trinajstić information content (AvgIpc) is 2.24. The highest BCUT2D eigenvalue weighted by atomic mass is 16.5. The molecule has 3 heteroatoms. The van der Waals surface area contributed by atoms with Crippen molar-refractivity contribution in [3.63, 3.8) is 0 Å². The molecule has 0 spiro atoms. The quantitative estimate of drug-likeness (QED) is 0.499. The van der Waals surface area contributed by atoms with E-state index < -0.39 is 11.6 Å². The first-order valence-electron chi connectivity index (χ1n) is 5.60. The summed E-state index contributed by atoms with van der Waals surface area (Å²) in [6.07, 6.45) is 3.30. The van der Waals surface area contributed by atoms with Crippen LogP contribution in [0.25, 0.3) is 0 Å². The topological polar surface area (TPSA) is 46.5 Å². The monoisotopic (exact) mass is 214 g/mol. The highest BCUT2D eigenvalue weighted by Gasteiger charge is 2.34. The van der Waals surface area contributed by atoms with Crippen molar-refractivity contribution in [2.75, 3.05) is 6.61 Å². The minimum Gasteiger partial charge on any atom is -0.478 e. The Bertz CT molecular complexity index is 217. The van der Waals surface area contributed by atoms with Crippen LogP contribution >= 0.6 is 0 Å². The van der Waals surface area contributed by atoms with Crippen molar-refractivity contribution in [2.45, 2.75) is 52.1 Å². The molecule has 0 saturated heterocycles. The molecule has 0 aromatic heterocycles. The largest absolute Gasteiger partial charge is 0.478 e. The number of hydrogen-bond donors (Lipinski definition) is 1. The molecule has 0 aromatic rings. The molecule has 0 aliphatic heterocycles. The third-order valence-corrected chi connectivity index (χ3v) is 2.83. The van der Waals surface area contributed by atoms with Gasteiger partial charge in [0.05, 0.1) is 11.2 Å². The smallest absolute Gasteiger partial charge is 0.333 e. The molecule has 88 valence electrons. The number of rotatable bonds is 8. The lowest BCUT2D eigenvalue weighted by Crippen LogP contribution is -2.36. The van der Waals surface area contributed by atoms with Crippen molar-refractivity contribution in [3.8, 4) is 0 Å². The van der Waals surface area contributed by atoms with Crippen molar-refractivity contribution in [3.05, 3.63) is 12.2 Å². The summed E-state index contributed by atoms with van der Waals surface area (Å²) in [4.78, 5) is 10.9. The van der Waals surface area contributed by atoms with Gasteiger partial charge in [-0.15, -0.1) is 0 Å². The van der Waals surface area contributed by atoms with Crippen LogP contribution in [-0.4, -0.2) is 23.3 Å². The number of carboxylic acid groups (broad SMARTS) is 1. The van der Waals surface area contributed by atoms with Crippen LogP contribution < -0.4 is 0 Å². The van der Waals surface area contributed by atoms with Crippen molar-refractivity contribution in [2.24, 2.45) is 0 Å². The minimum absolute atomic E-state index is 0.170. The Balaban J connectivity index is 4.57. The van der Waals surface area contributed by atoms with Gasteiger partial charge in [-0.1, -0.05) is 33.8 Å². The van der Waals surface area contributed by atoms with Crippen LogP contribution in [0.5, 0.6) is 0 Å². The summed E-state index contributed by atoms with van der Waals surface area (Å²) in [5.41, 5.74) is -0.510. The van der Waals surface area contributed by atoms with E-state index in [0.29, 0.717) is 19.4 Å². The summed E-state index contributed by atoms with van der Waals surface area (Å²) >= 11 is 0. The molecule has 0 rings (SSSR count). The van der Waals surface area contributed by atoms with E-state index in [1.165, 1.54) is 0 Å². The Morgan fingerprint density at radius 3 is 2.20 bits per heavy atom. The van der Waals surface area contributed by atoms with E-state index in [2.05, 4.69) is 13.5 Å². The summed E-state index contributed by atoms with van der Waals surface area (Å²) in [6, 6.07) is 0. The SMILES string of the molecule is C=C(C(=O)O)C(CC)(CC)OCCCC. The fourth-order valence-electron chi connectivity index (χ4n) is 1.57. The normalized spacial score (nSPS) is 11.4. The molecule has 3 nitrogen and oxygen atoms in total.